The number of phenolic OH excluding ortho intramolecular Hbond substituents is 2. The predicted molar refractivity (Wildman–Crippen MR) is 82.3 cm³/mol. The largest absolute Gasteiger partial charge is 0.507 e. The summed E-state index contributed by atoms with van der Waals surface area (Å²) in [5, 5.41) is 32.5. The summed E-state index contributed by atoms with van der Waals surface area (Å²) in [4.78, 5) is 0. The maximum absolute atomic E-state index is 9.87. The van der Waals surface area contributed by atoms with Gasteiger partial charge in [0.05, 0.1) is 12.2 Å². The molecular weight excluding hydrogens is 266 g/mol. The van der Waals surface area contributed by atoms with Crippen LogP contribution in [0.1, 0.15) is 24.1 Å². The van der Waals surface area contributed by atoms with Crippen molar-refractivity contribution in [3.05, 3.63) is 59.7 Å². The van der Waals surface area contributed by atoms with Gasteiger partial charge < -0.3 is 20.6 Å². The standard InChI is InChI=1S/C17H21NO3/c1-12(17-15(20)8-5-9-16(17)21)18-14(11-19)10-13-6-3-2-4-7-13/h2-9,12,14,18-21H,10-11H2,1H3. The number of nitrogens with one attached hydrogen (secondary N) is 1. The number of phenols is 2. The molecule has 0 fully saturated rings. The van der Waals surface area contributed by atoms with Crippen LogP contribution in [0.25, 0.3) is 0 Å². The molecular formula is C17H21NO3. The van der Waals surface area contributed by atoms with Crippen LogP contribution in [-0.4, -0.2) is 28.0 Å². The Hall–Kier alpha value is -2.04. The molecule has 4 nitrogen and oxygen atoms in total. The zero-order chi connectivity index (χ0) is 15.2. The molecule has 0 aliphatic heterocycles. The fourth-order valence-electron chi connectivity index (χ4n) is 2.50. The Morgan fingerprint density at radius 2 is 1.57 bits per heavy atom. The second-order valence-electron chi connectivity index (χ2n) is 5.17. The highest BCUT2D eigenvalue weighted by atomic mass is 16.3. The summed E-state index contributed by atoms with van der Waals surface area (Å²) in [6, 6.07) is 14.1. The van der Waals surface area contributed by atoms with Crippen molar-refractivity contribution in [1.29, 1.82) is 0 Å². The van der Waals surface area contributed by atoms with E-state index in [-0.39, 0.29) is 30.2 Å². The summed E-state index contributed by atoms with van der Waals surface area (Å²) in [5.74, 6) is 0.0952. The Bertz CT molecular complexity index is 551. The molecule has 112 valence electrons. The summed E-state index contributed by atoms with van der Waals surface area (Å²) in [5.41, 5.74) is 1.57. The summed E-state index contributed by atoms with van der Waals surface area (Å²) in [7, 11) is 0. The van der Waals surface area contributed by atoms with Gasteiger partial charge in [-0.2, -0.15) is 0 Å². The summed E-state index contributed by atoms with van der Waals surface area (Å²) in [6.45, 7) is 1.83. The molecule has 21 heavy (non-hydrogen) atoms. The monoisotopic (exact) mass is 287 g/mol. The molecule has 0 amide bonds. The van der Waals surface area contributed by atoms with E-state index >= 15 is 0 Å². The van der Waals surface area contributed by atoms with Crippen LogP contribution in [0, 0.1) is 0 Å². The second-order valence-corrected chi connectivity index (χ2v) is 5.17. The molecule has 2 unspecified atom stereocenters. The molecule has 0 saturated heterocycles. The molecule has 4 heteroatoms. The quantitative estimate of drug-likeness (QED) is 0.658. The van der Waals surface area contributed by atoms with Gasteiger partial charge in [0, 0.05) is 12.1 Å². The van der Waals surface area contributed by atoms with Gasteiger partial charge in [-0.3, -0.25) is 0 Å². The summed E-state index contributed by atoms with van der Waals surface area (Å²) >= 11 is 0. The van der Waals surface area contributed by atoms with Crippen LogP contribution in [0.3, 0.4) is 0 Å². The lowest BCUT2D eigenvalue weighted by Crippen LogP contribution is -2.36. The predicted octanol–water partition coefficient (Wildman–Crippen LogP) is 2.35. The minimum Gasteiger partial charge on any atom is -0.507 e. The van der Waals surface area contributed by atoms with Gasteiger partial charge in [-0.05, 0) is 31.0 Å². The Morgan fingerprint density at radius 3 is 2.14 bits per heavy atom. The van der Waals surface area contributed by atoms with Crippen LogP contribution < -0.4 is 5.32 Å². The number of rotatable bonds is 6. The first-order chi connectivity index (χ1) is 10.1. The molecule has 2 aromatic carbocycles. The Kier molecular flexibility index (Phi) is 5.20. The lowest BCUT2D eigenvalue weighted by molar-refractivity contribution is 0.231. The van der Waals surface area contributed by atoms with Gasteiger partial charge in [0.25, 0.3) is 0 Å². The van der Waals surface area contributed by atoms with Crippen molar-refractivity contribution in [2.24, 2.45) is 0 Å². The third-order valence-electron chi connectivity index (χ3n) is 3.52. The number of hydrogen-bond acceptors (Lipinski definition) is 4. The van der Waals surface area contributed by atoms with Crippen LogP contribution in [-0.2, 0) is 6.42 Å². The van der Waals surface area contributed by atoms with E-state index in [1.807, 2.05) is 37.3 Å². The topological polar surface area (TPSA) is 72.7 Å². The van der Waals surface area contributed by atoms with Crippen molar-refractivity contribution >= 4 is 0 Å². The van der Waals surface area contributed by atoms with Crippen molar-refractivity contribution in [3.63, 3.8) is 0 Å². The van der Waals surface area contributed by atoms with Gasteiger partial charge in [-0.25, -0.2) is 0 Å². The van der Waals surface area contributed by atoms with Gasteiger partial charge in [0.2, 0.25) is 0 Å². The molecule has 0 spiro atoms. The van der Waals surface area contributed by atoms with E-state index in [2.05, 4.69) is 5.32 Å². The fraction of sp³-hybridized carbons (Fsp3) is 0.294. The van der Waals surface area contributed by atoms with Gasteiger partial charge in [0.1, 0.15) is 11.5 Å². The second kappa shape index (κ2) is 7.11. The number of aromatic hydroxyl groups is 2. The van der Waals surface area contributed by atoms with Crippen LogP contribution in [0.4, 0.5) is 0 Å². The van der Waals surface area contributed by atoms with Gasteiger partial charge in [-0.1, -0.05) is 36.4 Å². The number of aliphatic hydroxyl groups is 1. The molecule has 0 saturated carbocycles. The minimum atomic E-state index is -0.271. The molecule has 0 heterocycles. The maximum Gasteiger partial charge on any atom is 0.124 e. The summed E-state index contributed by atoms with van der Waals surface area (Å²) in [6.07, 6.45) is 0.677. The normalized spacial score (nSPS) is 13.8. The van der Waals surface area contributed by atoms with E-state index in [1.54, 1.807) is 18.2 Å². The number of benzene rings is 2. The van der Waals surface area contributed by atoms with E-state index in [0.717, 1.165) is 5.56 Å². The van der Waals surface area contributed by atoms with Crippen LogP contribution in [0.2, 0.25) is 0 Å². The van der Waals surface area contributed by atoms with Gasteiger partial charge in [0.15, 0.2) is 0 Å². The van der Waals surface area contributed by atoms with Crippen molar-refractivity contribution in [2.75, 3.05) is 6.61 Å². The number of aliphatic hydroxyl groups excluding tert-OH is 1. The molecule has 0 aromatic heterocycles. The highest BCUT2D eigenvalue weighted by Gasteiger charge is 2.18. The van der Waals surface area contributed by atoms with Crippen molar-refractivity contribution < 1.29 is 15.3 Å². The molecule has 0 bridgehead atoms. The average Bonchev–Trinajstić information content (AvgIpc) is 2.47. The van der Waals surface area contributed by atoms with Gasteiger partial charge in [-0.15, -0.1) is 0 Å². The van der Waals surface area contributed by atoms with Crippen molar-refractivity contribution in [3.8, 4) is 11.5 Å². The number of hydrogen-bond donors (Lipinski definition) is 4. The van der Waals surface area contributed by atoms with Crippen molar-refractivity contribution in [2.45, 2.75) is 25.4 Å². The Labute approximate surface area is 124 Å². The van der Waals surface area contributed by atoms with E-state index < -0.39 is 0 Å². The Balaban J connectivity index is 2.08. The van der Waals surface area contributed by atoms with Crippen molar-refractivity contribution in [1.82, 2.24) is 5.32 Å². The van der Waals surface area contributed by atoms with E-state index in [1.165, 1.54) is 0 Å². The van der Waals surface area contributed by atoms with Gasteiger partial charge >= 0.3 is 0 Å². The van der Waals surface area contributed by atoms with E-state index in [4.69, 9.17) is 0 Å². The lowest BCUT2D eigenvalue weighted by Gasteiger charge is -2.23. The zero-order valence-corrected chi connectivity index (χ0v) is 12.0. The first-order valence-electron chi connectivity index (χ1n) is 7.03. The van der Waals surface area contributed by atoms with Crippen LogP contribution in [0.5, 0.6) is 11.5 Å². The lowest BCUT2D eigenvalue weighted by atomic mass is 10.0. The first kappa shape index (κ1) is 15.4. The highest BCUT2D eigenvalue weighted by molar-refractivity contribution is 5.45. The molecule has 4 N–H and O–H groups in total. The smallest absolute Gasteiger partial charge is 0.124 e. The summed E-state index contributed by atoms with van der Waals surface area (Å²) < 4.78 is 0. The third-order valence-corrected chi connectivity index (χ3v) is 3.52. The first-order valence-corrected chi connectivity index (χ1v) is 7.03. The Morgan fingerprint density at radius 1 is 0.952 bits per heavy atom. The average molecular weight is 287 g/mol. The molecule has 0 aliphatic carbocycles. The molecule has 2 rings (SSSR count). The molecule has 2 atom stereocenters. The van der Waals surface area contributed by atoms with E-state index in [9.17, 15) is 15.3 Å². The highest BCUT2D eigenvalue weighted by Crippen LogP contribution is 2.32. The molecule has 0 aliphatic rings. The molecule has 0 radical (unpaired) electrons. The molecule has 2 aromatic rings. The van der Waals surface area contributed by atoms with Crippen LogP contribution in [0.15, 0.2) is 48.5 Å². The van der Waals surface area contributed by atoms with E-state index in [0.29, 0.717) is 12.0 Å². The minimum absolute atomic E-state index is 0.0202. The SMILES string of the molecule is CC(NC(CO)Cc1ccccc1)c1c(O)cccc1O. The zero-order valence-electron chi connectivity index (χ0n) is 12.0. The third kappa shape index (κ3) is 3.97. The maximum atomic E-state index is 9.87. The van der Waals surface area contributed by atoms with Crippen LogP contribution >= 0.6 is 0 Å². The fourth-order valence-corrected chi connectivity index (χ4v) is 2.50.